The predicted molar refractivity (Wildman–Crippen MR) is 89.1 cm³/mol. The molecule has 0 aliphatic heterocycles. The number of pyridine rings is 1. The molecular weight excluding hydrogens is 307 g/mol. The Hall–Kier alpha value is -1.97. The van der Waals surface area contributed by atoms with E-state index in [-0.39, 0.29) is 11.2 Å². The molecule has 2 N–H and O–H groups in total. The summed E-state index contributed by atoms with van der Waals surface area (Å²) in [6.45, 7) is 0. The van der Waals surface area contributed by atoms with Crippen LogP contribution in [0.5, 0.6) is 0 Å². The number of rotatable bonds is 1. The normalized spacial score (nSPS) is 11.0. The van der Waals surface area contributed by atoms with Gasteiger partial charge in [-0.3, -0.25) is 4.79 Å². The second kappa shape index (κ2) is 5.10. The number of nitrogens with two attached hydrogens (primary N) is 1. The average Bonchev–Trinajstić information content (AvgIpc) is 2.47. The van der Waals surface area contributed by atoms with Gasteiger partial charge in [0.05, 0.1) is 5.52 Å². The fourth-order valence-electron chi connectivity index (χ4n) is 2.50. The van der Waals surface area contributed by atoms with Crippen molar-refractivity contribution in [3.8, 4) is 11.1 Å². The lowest BCUT2D eigenvalue weighted by atomic mass is 9.99. The standard InChI is InChI=1S/C16H12Cl2N2O/c1-20-13-7-6-9(17)8-11(13)14(15(19)16(20)21)10-4-2-3-5-12(10)18/h2-8H,19H2,1H3. The molecule has 3 rings (SSSR count). The molecule has 0 atom stereocenters. The number of aromatic nitrogens is 1. The minimum Gasteiger partial charge on any atom is -0.394 e. The first kappa shape index (κ1) is 14.0. The number of aryl methyl sites for hydroxylation is 1. The Balaban J connectivity index is 2.56. The lowest BCUT2D eigenvalue weighted by Gasteiger charge is -2.14. The molecule has 0 radical (unpaired) electrons. The average molecular weight is 319 g/mol. The van der Waals surface area contributed by atoms with Crippen LogP contribution >= 0.6 is 23.2 Å². The molecule has 0 unspecified atom stereocenters. The summed E-state index contributed by atoms with van der Waals surface area (Å²) < 4.78 is 1.52. The van der Waals surface area contributed by atoms with Gasteiger partial charge < -0.3 is 10.3 Å². The number of hydrogen-bond donors (Lipinski definition) is 1. The maximum atomic E-state index is 12.3. The Morgan fingerprint density at radius 1 is 1.10 bits per heavy atom. The van der Waals surface area contributed by atoms with E-state index in [1.807, 2.05) is 18.2 Å². The summed E-state index contributed by atoms with van der Waals surface area (Å²) in [5.41, 5.74) is 8.09. The third kappa shape index (κ3) is 2.19. The molecule has 21 heavy (non-hydrogen) atoms. The number of nitrogens with zero attached hydrogens (tertiary/aromatic N) is 1. The molecule has 0 saturated carbocycles. The third-order valence-electron chi connectivity index (χ3n) is 3.54. The SMILES string of the molecule is Cn1c(=O)c(N)c(-c2ccccc2Cl)c2cc(Cl)ccc21. The lowest BCUT2D eigenvalue weighted by molar-refractivity contribution is 0.910. The molecule has 0 amide bonds. The van der Waals surface area contributed by atoms with Crippen LogP contribution in [0.3, 0.4) is 0 Å². The van der Waals surface area contributed by atoms with Crippen LogP contribution in [0.25, 0.3) is 22.0 Å². The van der Waals surface area contributed by atoms with Crippen molar-refractivity contribution < 1.29 is 0 Å². The van der Waals surface area contributed by atoms with E-state index < -0.39 is 0 Å². The minimum atomic E-state index is -0.250. The van der Waals surface area contributed by atoms with Crippen LogP contribution in [0.2, 0.25) is 10.0 Å². The Morgan fingerprint density at radius 3 is 2.52 bits per heavy atom. The first-order valence-corrected chi connectivity index (χ1v) is 7.09. The Kier molecular flexibility index (Phi) is 3.40. The number of halogens is 2. The van der Waals surface area contributed by atoms with Crippen molar-refractivity contribution in [1.29, 1.82) is 0 Å². The van der Waals surface area contributed by atoms with Gasteiger partial charge in [-0.1, -0.05) is 41.4 Å². The monoisotopic (exact) mass is 318 g/mol. The van der Waals surface area contributed by atoms with E-state index in [4.69, 9.17) is 28.9 Å². The van der Waals surface area contributed by atoms with E-state index in [1.165, 1.54) is 4.57 Å². The van der Waals surface area contributed by atoms with Crippen LogP contribution in [0.4, 0.5) is 5.69 Å². The molecule has 0 aliphatic carbocycles. The molecular formula is C16H12Cl2N2O. The smallest absolute Gasteiger partial charge is 0.274 e. The van der Waals surface area contributed by atoms with Crippen molar-refractivity contribution in [1.82, 2.24) is 4.57 Å². The van der Waals surface area contributed by atoms with Crippen LogP contribution < -0.4 is 11.3 Å². The van der Waals surface area contributed by atoms with E-state index in [9.17, 15) is 4.79 Å². The number of hydrogen-bond acceptors (Lipinski definition) is 2. The molecule has 3 aromatic rings. The van der Waals surface area contributed by atoms with Gasteiger partial charge in [0.25, 0.3) is 5.56 Å². The molecule has 0 bridgehead atoms. The summed E-state index contributed by atoms with van der Waals surface area (Å²) in [4.78, 5) is 12.3. The maximum Gasteiger partial charge on any atom is 0.274 e. The van der Waals surface area contributed by atoms with Gasteiger partial charge in [0, 0.05) is 33.6 Å². The number of fused-ring (bicyclic) bond motifs is 1. The summed E-state index contributed by atoms with van der Waals surface area (Å²) in [7, 11) is 1.69. The largest absolute Gasteiger partial charge is 0.394 e. The summed E-state index contributed by atoms with van der Waals surface area (Å²) in [5.74, 6) is 0. The number of benzene rings is 2. The van der Waals surface area contributed by atoms with Gasteiger partial charge in [0.1, 0.15) is 5.69 Å². The first-order chi connectivity index (χ1) is 10.0. The van der Waals surface area contributed by atoms with Crippen LogP contribution in [0.15, 0.2) is 47.3 Å². The zero-order valence-corrected chi connectivity index (χ0v) is 12.7. The first-order valence-electron chi connectivity index (χ1n) is 6.33. The van der Waals surface area contributed by atoms with Crippen LogP contribution in [-0.4, -0.2) is 4.57 Å². The lowest BCUT2D eigenvalue weighted by Crippen LogP contribution is -2.21. The second-order valence-corrected chi connectivity index (χ2v) is 5.64. The van der Waals surface area contributed by atoms with Gasteiger partial charge in [0.15, 0.2) is 0 Å². The highest BCUT2D eigenvalue weighted by atomic mass is 35.5. The molecule has 1 heterocycles. The zero-order chi connectivity index (χ0) is 15.1. The molecule has 2 aromatic carbocycles. The van der Waals surface area contributed by atoms with Gasteiger partial charge >= 0.3 is 0 Å². The maximum absolute atomic E-state index is 12.3. The zero-order valence-electron chi connectivity index (χ0n) is 11.2. The van der Waals surface area contributed by atoms with Crippen molar-refractivity contribution in [2.45, 2.75) is 0 Å². The van der Waals surface area contributed by atoms with E-state index in [0.29, 0.717) is 15.6 Å². The molecule has 0 spiro atoms. The fourth-order valence-corrected chi connectivity index (χ4v) is 2.90. The highest BCUT2D eigenvalue weighted by Gasteiger charge is 2.16. The Bertz CT molecular complexity index is 916. The molecule has 0 saturated heterocycles. The second-order valence-electron chi connectivity index (χ2n) is 4.79. The van der Waals surface area contributed by atoms with E-state index in [1.54, 1.807) is 31.3 Å². The van der Waals surface area contributed by atoms with Crippen LogP contribution in [0, 0.1) is 0 Å². The van der Waals surface area contributed by atoms with Crippen molar-refractivity contribution in [2.75, 3.05) is 5.73 Å². The molecule has 3 nitrogen and oxygen atoms in total. The summed E-state index contributed by atoms with van der Waals surface area (Å²) >= 11 is 12.4. The van der Waals surface area contributed by atoms with Gasteiger partial charge in [-0.25, -0.2) is 0 Å². The minimum absolute atomic E-state index is 0.167. The summed E-state index contributed by atoms with van der Waals surface area (Å²) in [6.07, 6.45) is 0. The van der Waals surface area contributed by atoms with E-state index in [0.717, 1.165) is 16.5 Å². The van der Waals surface area contributed by atoms with Crippen molar-refractivity contribution >= 4 is 39.8 Å². The highest BCUT2D eigenvalue weighted by molar-refractivity contribution is 6.34. The molecule has 0 aliphatic rings. The van der Waals surface area contributed by atoms with Crippen molar-refractivity contribution in [2.24, 2.45) is 7.05 Å². The summed E-state index contributed by atoms with van der Waals surface area (Å²) in [6, 6.07) is 12.6. The van der Waals surface area contributed by atoms with E-state index >= 15 is 0 Å². The van der Waals surface area contributed by atoms with Crippen LogP contribution in [0.1, 0.15) is 0 Å². The van der Waals surface area contributed by atoms with Crippen LogP contribution in [-0.2, 0) is 7.05 Å². The Labute approximate surface area is 131 Å². The molecule has 106 valence electrons. The van der Waals surface area contributed by atoms with Gasteiger partial charge in [-0.15, -0.1) is 0 Å². The fraction of sp³-hybridized carbons (Fsp3) is 0.0625. The van der Waals surface area contributed by atoms with Gasteiger partial charge in [-0.05, 0) is 24.3 Å². The topological polar surface area (TPSA) is 48.0 Å². The van der Waals surface area contributed by atoms with E-state index in [2.05, 4.69) is 0 Å². The number of anilines is 1. The Morgan fingerprint density at radius 2 is 1.81 bits per heavy atom. The summed E-state index contributed by atoms with van der Waals surface area (Å²) in [5, 5.41) is 1.92. The van der Waals surface area contributed by atoms with Crippen molar-refractivity contribution in [3.05, 3.63) is 62.9 Å². The molecule has 1 aromatic heterocycles. The quantitative estimate of drug-likeness (QED) is 0.734. The van der Waals surface area contributed by atoms with Crippen molar-refractivity contribution in [3.63, 3.8) is 0 Å². The molecule has 0 fully saturated rings. The van der Waals surface area contributed by atoms with Gasteiger partial charge in [0.2, 0.25) is 0 Å². The predicted octanol–water partition coefficient (Wildman–Crippen LogP) is 4.09. The third-order valence-corrected chi connectivity index (χ3v) is 4.10. The molecule has 5 heteroatoms. The highest BCUT2D eigenvalue weighted by Crippen LogP contribution is 2.36. The number of nitrogen functional groups attached to an aromatic ring is 1. The van der Waals surface area contributed by atoms with Gasteiger partial charge in [-0.2, -0.15) is 0 Å².